The van der Waals surface area contributed by atoms with Crippen molar-refractivity contribution in [3.8, 4) is 0 Å². The SMILES string of the molecule is CCOCCN1N=C(C)C(C)n2c1nc1c2c(=O)n(Cc2cc(C)ccc2C)c(=O)n1C. The largest absolute Gasteiger partial charge is 0.380 e. The van der Waals surface area contributed by atoms with Crippen molar-refractivity contribution in [2.45, 2.75) is 47.2 Å². The lowest BCUT2D eigenvalue weighted by Gasteiger charge is -2.29. The van der Waals surface area contributed by atoms with E-state index in [1.165, 1.54) is 9.13 Å². The molecule has 0 aliphatic carbocycles. The molecule has 9 nitrogen and oxygen atoms in total. The van der Waals surface area contributed by atoms with Crippen LogP contribution in [-0.2, 0) is 18.3 Å². The van der Waals surface area contributed by atoms with Crippen molar-refractivity contribution in [2.24, 2.45) is 12.1 Å². The second-order valence-corrected chi connectivity index (χ2v) is 8.35. The van der Waals surface area contributed by atoms with Crippen LogP contribution in [0.25, 0.3) is 11.2 Å². The molecule has 2 aromatic heterocycles. The van der Waals surface area contributed by atoms with E-state index in [-0.39, 0.29) is 23.8 Å². The summed E-state index contributed by atoms with van der Waals surface area (Å²) in [6.07, 6.45) is 0. The summed E-state index contributed by atoms with van der Waals surface area (Å²) < 4.78 is 10.1. The highest BCUT2D eigenvalue weighted by atomic mass is 16.5. The Hall–Kier alpha value is -3.20. The number of fused-ring (bicyclic) bond motifs is 3. The summed E-state index contributed by atoms with van der Waals surface area (Å²) in [4.78, 5) is 31.5. The molecule has 170 valence electrons. The van der Waals surface area contributed by atoms with Crippen LogP contribution in [0.1, 0.15) is 43.5 Å². The summed E-state index contributed by atoms with van der Waals surface area (Å²) >= 11 is 0. The minimum atomic E-state index is -0.384. The van der Waals surface area contributed by atoms with Gasteiger partial charge in [-0.3, -0.25) is 18.5 Å². The van der Waals surface area contributed by atoms with Gasteiger partial charge in [0.1, 0.15) is 0 Å². The van der Waals surface area contributed by atoms with Gasteiger partial charge in [-0.15, -0.1) is 0 Å². The van der Waals surface area contributed by atoms with Crippen LogP contribution in [0.5, 0.6) is 0 Å². The highest BCUT2D eigenvalue weighted by molar-refractivity contribution is 5.91. The average Bonchev–Trinajstić information content (AvgIpc) is 3.17. The molecule has 3 aromatic rings. The minimum absolute atomic E-state index is 0.155. The highest BCUT2D eigenvalue weighted by Crippen LogP contribution is 2.29. The van der Waals surface area contributed by atoms with E-state index < -0.39 is 0 Å². The van der Waals surface area contributed by atoms with Crippen LogP contribution in [-0.4, -0.2) is 44.2 Å². The Bertz CT molecular complexity index is 1330. The first-order chi connectivity index (χ1) is 15.2. The van der Waals surface area contributed by atoms with Gasteiger partial charge in [0.05, 0.1) is 31.4 Å². The predicted molar refractivity (Wildman–Crippen MR) is 126 cm³/mol. The predicted octanol–water partition coefficient (Wildman–Crippen LogP) is 2.36. The second kappa shape index (κ2) is 8.38. The van der Waals surface area contributed by atoms with Gasteiger partial charge in [-0.2, -0.15) is 10.1 Å². The van der Waals surface area contributed by atoms with Crippen LogP contribution < -0.4 is 16.3 Å². The molecule has 0 saturated carbocycles. The van der Waals surface area contributed by atoms with Gasteiger partial charge in [0.25, 0.3) is 5.56 Å². The van der Waals surface area contributed by atoms with Crippen molar-refractivity contribution >= 4 is 22.8 Å². The lowest BCUT2D eigenvalue weighted by Crippen LogP contribution is -2.40. The number of ether oxygens (including phenoxy) is 1. The molecule has 0 radical (unpaired) electrons. The molecule has 1 aliphatic rings. The molecule has 1 aromatic carbocycles. The maximum Gasteiger partial charge on any atom is 0.332 e. The van der Waals surface area contributed by atoms with Gasteiger partial charge < -0.3 is 4.74 Å². The Morgan fingerprint density at radius 3 is 2.62 bits per heavy atom. The number of hydrogen-bond donors (Lipinski definition) is 0. The Morgan fingerprint density at radius 1 is 1.16 bits per heavy atom. The van der Waals surface area contributed by atoms with Crippen molar-refractivity contribution in [2.75, 3.05) is 24.8 Å². The smallest absolute Gasteiger partial charge is 0.332 e. The van der Waals surface area contributed by atoms with Crippen molar-refractivity contribution in [3.63, 3.8) is 0 Å². The van der Waals surface area contributed by atoms with E-state index >= 15 is 0 Å². The fourth-order valence-electron chi connectivity index (χ4n) is 4.11. The van der Waals surface area contributed by atoms with E-state index in [4.69, 9.17) is 4.74 Å². The number of rotatable bonds is 6. The maximum atomic E-state index is 13.7. The number of nitrogens with zero attached hydrogens (tertiary/aromatic N) is 6. The van der Waals surface area contributed by atoms with Gasteiger partial charge >= 0.3 is 5.69 Å². The molecular weight excluding hydrogens is 408 g/mol. The van der Waals surface area contributed by atoms with Gasteiger partial charge in [0.15, 0.2) is 11.2 Å². The molecule has 0 spiro atoms. The fraction of sp³-hybridized carbons (Fsp3) is 0.478. The number of anilines is 1. The third-order valence-electron chi connectivity index (χ3n) is 6.14. The zero-order valence-electron chi connectivity index (χ0n) is 19.5. The standard InChI is InChI=1S/C23H30N6O3/c1-7-32-11-10-28-22-24-20-19(29(22)17(5)16(4)25-28)21(30)27(23(31)26(20)6)13-18-12-14(2)8-9-15(18)3/h8-9,12,17H,7,10-11,13H2,1-6H3. The first-order valence-electron chi connectivity index (χ1n) is 10.9. The first kappa shape index (κ1) is 22.0. The molecule has 1 atom stereocenters. The van der Waals surface area contributed by atoms with Crippen molar-refractivity contribution in [3.05, 3.63) is 55.7 Å². The average molecular weight is 439 g/mol. The Labute approximate surface area is 186 Å². The Morgan fingerprint density at radius 2 is 1.91 bits per heavy atom. The zero-order chi connectivity index (χ0) is 23.2. The first-order valence-corrected chi connectivity index (χ1v) is 10.9. The van der Waals surface area contributed by atoms with Crippen LogP contribution in [0.3, 0.4) is 0 Å². The molecule has 0 fully saturated rings. The van der Waals surface area contributed by atoms with Gasteiger partial charge in [-0.05, 0) is 45.7 Å². The Kier molecular flexibility index (Phi) is 5.77. The Balaban J connectivity index is 1.91. The number of aromatic nitrogens is 4. The molecule has 0 bridgehead atoms. The number of hydrazone groups is 1. The summed E-state index contributed by atoms with van der Waals surface area (Å²) in [5.74, 6) is 0.550. The van der Waals surface area contributed by atoms with Gasteiger partial charge in [-0.25, -0.2) is 9.80 Å². The van der Waals surface area contributed by atoms with Crippen molar-refractivity contribution in [1.29, 1.82) is 0 Å². The van der Waals surface area contributed by atoms with E-state index in [9.17, 15) is 9.59 Å². The second-order valence-electron chi connectivity index (χ2n) is 8.35. The zero-order valence-corrected chi connectivity index (χ0v) is 19.5. The van der Waals surface area contributed by atoms with Gasteiger partial charge in [0, 0.05) is 13.7 Å². The van der Waals surface area contributed by atoms with Crippen molar-refractivity contribution < 1.29 is 4.74 Å². The summed E-state index contributed by atoms with van der Waals surface area (Å²) in [6, 6.07) is 5.90. The van der Waals surface area contributed by atoms with Crippen LogP contribution >= 0.6 is 0 Å². The molecule has 0 amide bonds. The quantitative estimate of drug-likeness (QED) is 0.552. The highest BCUT2D eigenvalue weighted by Gasteiger charge is 2.30. The van der Waals surface area contributed by atoms with Crippen LogP contribution in [0, 0.1) is 13.8 Å². The minimum Gasteiger partial charge on any atom is -0.380 e. The molecule has 32 heavy (non-hydrogen) atoms. The molecular formula is C23H30N6O3. The monoisotopic (exact) mass is 438 g/mol. The van der Waals surface area contributed by atoms with Crippen LogP contribution in [0.15, 0.2) is 32.9 Å². The van der Waals surface area contributed by atoms with E-state index in [0.29, 0.717) is 36.9 Å². The van der Waals surface area contributed by atoms with Gasteiger partial charge in [0.2, 0.25) is 5.95 Å². The molecule has 1 aliphatic heterocycles. The number of aryl methyl sites for hydroxylation is 3. The maximum absolute atomic E-state index is 13.7. The van der Waals surface area contributed by atoms with E-state index in [2.05, 4.69) is 10.1 Å². The summed E-state index contributed by atoms with van der Waals surface area (Å²) in [7, 11) is 1.66. The molecule has 1 unspecified atom stereocenters. The van der Waals surface area contributed by atoms with Crippen LogP contribution in [0.4, 0.5) is 5.95 Å². The van der Waals surface area contributed by atoms with E-state index in [0.717, 1.165) is 22.4 Å². The van der Waals surface area contributed by atoms with E-state index in [1.807, 2.05) is 57.4 Å². The fourth-order valence-corrected chi connectivity index (χ4v) is 4.11. The van der Waals surface area contributed by atoms with Gasteiger partial charge in [-0.1, -0.05) is 23.8 Å². The molecule has 4 rings (SSSR count). The third-order valence-corrected chi connectivity index (χ3v) is 6.14. The summed E-state index contributed by atoms with van der Waals surface area (Å²) in [6.45, 7) is 11.7. The molecule has 0 N–H and O–H groups in total. The summed E-state index contributed by atoms with van der Waals surface area (Å²) in [5, 5.41) is 6.41. The lowest BCUT2D eigenvalue weighted by molar-refractivity contribution is 0.153. The topological polar surface area (TPSA) is 86.7 Å². The van der Waals surface area contributed by atoms with E-state index in [1.54, 1.807) is 12.1 Å². The number of hydrogen-bond acceptors (Lipinski definition) is 6. The molecule has 0 saturated heterocycles. The number of imidazole rings is 1. The molecule has 9 heteroatoms. The normalized spacial score (nSPS) is 15.9. The third kappa shape index (κ3) is 3.56. The van der Waals surface area contributed by atoms with Crippen molar-refractivity contribution in [1.82, 2.24) is 18.7 Å². The lowest BCUT2D eigenvalue weighted by atomic mass is 10.1. The molecule has 3 heterocycles. The summed E-state index contributed by atoms with van der Waals surface area (Å²) in [5.41, 5.74) is 4.00. The van der Waals surface area contributed by atoms with Crippen LogP contribution in [0.2, 0.25) is 0 Å². The number of benzene rings is 1.